The lowest BCUT2D eigenvalue weighted by Crippen LogP contribution is -2.62. The Balaban J connectivity index is 0.000000728. The first-order valence-electron chi connectivity index (χ1n) is 16.7. The molecule has 3 heteroatoms. The Hall–Kier alpha value is -1.87. The molecule has 0 radical (unpaired) electrons. The summed E-state index contributed by atoms with van der Waals surface area (Å²) >= 11 is 0. The van der Waals surface area contributed by atoms with Gasteiger partial charge in [0.2, 0.25) is 0 Å². The molecule has 4 saturated carbocycles. The highest BCUT2D eigenvalue weighted by Gasteiger charge is 2.65. The minimum absolute atomic E-state index is 0.113. The Morgan fingerprint density at radius 3 is 2.20 bits per heavy atom. The van der Waals surface area contributed by atoms with E-state index in [0.29, 0.717) is 22.3 Å². The van der Waals surface area contributed by atoms with E-state index >= 15 is 0 Å². The average molecular weight is 562 g/mol. The number of hydrogen-bond acceptors (Lipinski definition) is 3. The predicted molar refractivity (Wildman–Crippen MR) is 174 cm³/mol. The van der Waals surface area contributed by atoms with Gasteiger partial charge in [-0.2, -0.15) is 0 Å². The van der Waals surface area contributed by atoms with E-state index in [1.165, 1.54) is 82.5 Å². The Bertz CT molecular complexity index is 1120. The Kier molecular flexibility index (Phi) is 9.40. The Morgan fingerprint density at radius 1 is 0.902 bits per heavy atom. The van der Waals surface area contributed by atoms with Crippen molar-refractivity contribution in [2.75, 3.05) is 7.11 Å². The first-order valence-corrected chi connectivity index (χ1v) is 16.7. The van der Waals surface area contributed by atoms with E-state index in [2.05, 4.69) is 52.5 Å². The number of allylic oxidation sites excluding steroid dienone is 3. The maximum atomic E-state index is 12.0. The molecule has 6 rings (SSSR count). The van der Waals surface area contributed by atoms with Crippen molar-refractivity contribution < 1.29 is 9.53 Å². The standard InChI is InChI=1S/C33H47NO2.C3H6.C2H6/c1-30(2)24(21-8-10-22(11-9-21)29(35)36-5)14-18-32(4)27(30)16-19-31(3)25-15-20-33(34)17-6-7-26(33)23(25)12-13-28(31)32;1-3-2;1-2/h8-11,14,23,25-28H,6-7,12-13,15-20,34H2,1-5H3;3H,1H2,2H3;1-2H3/t23?,25?,26-,27?,28?,31?,32?,33?;;/m1../s1. The highest BCUT2D eigenvalue weighted by atomic mass is 16.5. The van der Waals surface area contributed by atoms with Crippen LogP contribution in [0.25, 0.3) is 5.57 Å². The number of esters is 1. The van der Waals surface area contributed by atoms with Crippen LogP contribution in [0.15, 0.2) is 43.0 Å². The van der Waals surface area contributed by atoms with Gasteiger partial charge >= 0.3 is 5.97 Å². The number of ether oxygens (including phenoxy) is 1. The molecule has 2 N–H and O–H groups in total. The number of benzene rings is 1. The molecule has 41 heavy (non-hydrogen) atoms. The van der Waals surface area contributed by atoms with Crippen LogP contribution in [-0.2, 0) is 4.74 Å². The molecule has 0 aromatic heterocycles. The molecule has 1 aromatic carbocycles. The van der Waals surface area contributed by atoms with Crippen molar-refractivity contribution in [1.29, 1.82) is 0 Å². The number of carbonyl (C=O) groups is 1. The summed E-state index contributed by atoms with van der Waals surface area (Å²) in [5.74, 6) is 3.73. The number of rotatable bonds is 2. The van der Waals surface area contributed by atoms with Crippen LogP contribution in [0.1, 0.15) is 129 Å². The van der Waals surface area contributed by atoms with E-state index < -0.39 is 0 Å². The van der Waals surface area contributed by atoms with Gasteiger partial charge in [-0.05, 0) is 134 Å². The van der Waals surface area contributed by atoms with E-state index in [1.54, 1.807) is 6.08 Å². The summed E-state index contributed by atoms with van der Waals surface area (Å²) in [5, 5.41) is 0. The van der Waals surface area contributed by atoms with E-state index in [4.69, 9.17) is 10.5 Å². The molecule has 4 fully saturated rings. The molecule has 1 aromatic rings. The first kappa shape index (κ1) is 32.1. The summed E-state index contributed by atoms with van der Waals surface area (Å²) in [5.41, 5.74) is 11.5. The van der Waals surface area contributed by atoms with Gasteiger partial charge in [-0.1, -0.05) is 72.2 Å². The second-order valence-electron chi connectivity index (χ2n) is 14.8. The molecule has 0 saturated heterocycles. The molecule has 5 aliphatic carbocycles. The minimum atomic E-state index is -0.264. The lowest BCUT2D eigenvalue weighted by molar-refractivity contribution is -0.170. The fraction of sp³-hybridized carbons (Fsp3) is 0.711. The van der Waals surface area contributed by atoms with Crippen LogP contribution in [-0.4, -0.2) is 18.6 Å². The van der Waals surface area contributed by atoms with Crippen molar-refractivity contribution in [2.24, 2.45) is 51.6 Å². The monoisotopic (exact) mass is 561 g/mol. The molecule has 0 spiro atoms. The topological polar surface area (TPSA) is 52.3 Å². The van der Waals surface area contributed by atoms with Crippen LogP contribution in [0, 0.1) is 45.8 Å². The molecule has 7 unspecified atom stereocenters. The van der Waals surface area contributed by atoms with Gasteiger partial charge in [0, 0.05) is 5.54 Å². The summed E-state index contributed by atoms with van der Waals surface area (Å²) in [7, 11) is 1.45. The summed E-state index contributed by atoms with van der Waals surface area (Å²) in [6.07, 6.45) is 17.6. The Morgan fingerprint density at radius 2 is 1.56 bits per heavy atom. The van der Waals surface area contributed by atoms with Gasteiger partial charge in [-0.15, -0.1) is 6.58 Å². The molecule has 0 heterocycles. The maximum absolute atomic E-state index is 12.0. The normalized spacial score (nSPS) is 39.9. The number of hydrogen-bond donors (Lipinski definition) is 1. The zero-order chi connectivity index (χ0) is 30.2. The van der Waals surface area contributed by atoms with Gasteiger partial charge in [0.15, 0.2) is 0 Å². The third-order valence-corrected chi connectivity index (χ3v) is 12.8. The van der Waals surface area contributed by atoms with Crippen LogP contribution in [0.5, 0.6) is 0 Å². The number of nitrogens with two attached hydrogens (primary N) is 1. The first-order chi connectivity index (χ1) is 19.5. The lowest BCUT2D eigenvalue weighted by Gasteiger charge is -2.68. The molecule has 0 amide bonds. The van der Waals surface area contributed by atoms with E-state index in [-0.39, 0.29) is 16.9 Å². The van der Waals surface area contributed by atoms with Crippen molar-refractivity contribution in [1.82, 2.24) is 0 Å². The van der Waals surface area contributed by atoms with Crippen LogP contribution in [0.2, 0.25) is 0 Å². The highest BCUT2D eigenvalue weighted by molar-refractivity contribution is 5.89. The molecule has 0 bridgehead atoms. The molecule has 228 valence electrons. The number of carbonyl (C=O) groups excluding carboxylic acids is 1. The second kappa shape index (κ2) is 12.0. The minimum Gasteiger partial charge on any atom is -0.465 e. The fourth-order valence-electron chi connectivity index (χ4n) is 11.3. The van der Waals surface area contributed by atoms with E-state index in [9.17, 15) is 4.79 Å². The van der Waals surface area contributed by atoms with Crippen LogP contribution < -0.4 is 5.73 Å². The third kappa shape index (κ3) is 5.17. The fourth-order valence-corrected chi connectivity index (χ4v) is 11.3. The predicted octanol–water partition coefficient (Wildman–Crippen LogP) is 9.86. The summed E-state index contributed by atoms with van der Waals surface area (Å²) in [4.78, 5) is 12.0. The Labute approximate surface area is 251 Å². The zero-order valence-electron chi connectivity index (χ0n) is 27.5. The number of fused-ring (bicyclic) bond motifs is 7. The van der Waals surface area contributed by atoms with Crippen LogP contribution in [0.4, 0.5) is 0 Å². The van der Waals surface area contributed by atoms with Crippen LogP contribution >= 0.6 is 0 Å². The highest BCUT2D eigenvalue weighted by Crippen LogP contribution is 2.72. The SMILES string of the molecule is C=CC.CC.COC(=O)c1ccc(C2=CCC3(C)C(CCC4(C)C5CCC6(N)CCC[C@@H]6C5CCC43)C2(C)C)cc1. The quantitative estimate of drug-likeness (QED) is 0.289. The molecule has 0 aliphatic heterocycles. The third-order valence-electron chi connectivity index (χ3n) is 12.8. The summed E-state index contributed by atoms with van der Waals surface area (Å²) in [6, 6.07) is 8.11. The molecular weight excluding hydrogens is 502 g/mol. The van der Waals surface area contributed by atoms with Gasteiger partial charge in [0.25, 0.3) is 0 Å². The lowest BCUT2D eigenvalue weighted by atomic mass is 9.37. The van der Waals surface area contributed by atoms with Crippen molar-refractivity contribution in [3.8, 4) is 0 Å². The van der Waals surface area contributed by atoms with Gasteiger partial charge in [-0.25, -0.2) is 4.79 Å². The van der Waals surface area contributed by atoms with Crippen LogP contribution in [0.3, 0.4) is 0 Å². The summed E-state index contributed by atoms with van der Waals surface area (Å²) < 4.78 is 4.91. The van der Waals surface area contributed by atoms with Crippen molar-refractivity contribution in [3.05, 3.63) is 54.1 Å². The average Bonchev–Trinajstić information content (AvgIpc) is 3.36. The van der Waals surface area contributed by atoms with Gasteiger partial charge in [-0.3, -0.25) is 0 Å². The zero-order valence-corrected chi connectivity index (χ0v) is 27.5. The van der Waals surface area contributed by atoms with E-state index in [0.717, 1.165) is 23.7 Å². The van der Waals surface area contributed by atoms with E-state index in [1.807, 2.05) is 32.9 Å². The largest absolute Gasteiger partial charge is 0.465 e. The summed E-state index contributed by atoms with van der Waals surface area (Å²) in [6.45, 7) is 19.6. The number of methoxy groups -OCH3 is 1. The maximum Gasteiger partial charge on any atom is 0.337 e. The second-order valence-corrected chi connectivity index (χ2v) is 14.8. The van der Waals surface area contributed by atoms with Gasteiger partial charge < -0.3 is 10.5 Å². The molecule has 8 atom stereocenters. The van der Waals surface area contributed by atoms with Crippen molar-refractivity contribution in [3.63, 3.8) is 0 Å². The smallest absolute Gasteiger partial charge is 0.337 e. The van der Waals surface area contributed by atoms with Crippen molar-refractivity contribution in [2.45, 2.75) is 118 Å². The van der Waals surface area contributed by atoms with Gasteiger partial charge in [0.1, 0.15) is 0 Å². The van der Waals surface area contributed by atoms with Crippen molar-refractivity contribution >= 4 is 11.5 Å². The van der Waals surface area contributed by atoms with Gasteiger partial charge in [0.05, 0.1) is 12.7 Å². The molecule has 3 nitrogen and oxygen atoms in total. The molecule has 5 aliphatic rings. The molecular formula is C38H59NO2.